The van der Waals surface area contributed by atoms with E-state index in [9.17, 15) is 0 Å². The zero-order chi connectivity index (χ0) is 14.9. The molecule has 1 N–H and O–H groups in total. The lowest BCUT2D eigenvalue weighted by Gasteiger charge is -2.41. The number of hydrogen-bond acceptors (Lipinski definition) is 2. The second-order valence-corrected chi connectivity index (χ2v) is 7.81. The van der Waals surface area contributed by atoms with Gasteiger partial charge in [-0.1, -0.05) is 31.0 Å². The Morgan fingerprint density at radius 1 is 1.33 bits per heavy atom. The van der Waals surface area contributed by atoms with Crippen LogP contribution in [-0.4, -0.2) is 19.3 Å². The summed E-state index contributed by atoms with van der Waals surface area (Å²) in [5.41, 5.74) is 3.06. The molecule has 1 aliphatic carbocycles. The fourth-order valence-electron chi connectivity index (χ4n) is 4.27. The molecule has 2 nitrogen and oxygen atoms in total. The van der Waals surface area contributed by atoms with Gasteiger partial charge in [0.1, 0.15) is 0 Å². The predicted molar refractivity (Wildman–Crippen MR) is 95.6 cm³/mol. The van der Waals surface area contributed by atoms with Crippen molar-refractivity contribution in [3.8, 4) is 0 Å². The average Bonchev–Trinajstić information content (AvgIpc) is 2.92. The van der Waals surface area contributed by atoms with Gasteiger partial charge < -0.3 is 10.1 Å². The molecule has 1 saturated carbocycles. The lowest BCUT2D eigenvalue weighted by Crippen LogP contribution is -2.41. The van der Waals surface area contributed by atoms with E-state index in [4.69, 9.17) is 4.74 Å². The maximum absolute atomic E-state index is 6.21. The van der Waals surface area contributed by atoms with Gasteiger partial charge >= 0.3 is 0 Å². The van der Waals surface area contributed by atoms with Gasteiger partial charge in [-0.25, -0.2) is 0 Å². The van der Waals surface area contributed by atoms with Crippen molar-refractivity contribution >= 4 is 22.6 Å². The number of nitrogens with one attached hydrogen (secondary N) is 1. The summed E-state index contributed by atoms with van der Waals surface area (Å²) >= 11 is 2.51. The Labute approximate surface area is 142 Å². The number of halogens is 1. The van der Waals surface area contributed by atoms with E-state index in [1.807, 2.05) is 0 Å². The van der Waals surface area contributed by atoms with Crippen LogP contribution in [0.25, 0.3) is 0 Å². The number of aryl methyl sites for hydroxylation is 1. The van der Waals surface area contributed by atoms with Crippen molar-refractivity contribution in [3.63, 3.8) is 0 Å². The van der Waals surface area contributed by atoms with Crippen LogP contribution in [0, 0.1) is 16.4 Å². The van der Waals surface area contributed by atoms with Gasteiger partial charge in [-0.3, -0.25) is 0 Å². The second-order valence-electron chi connectivity index (χ2n) is 6.74. The molecule has 0 radical (unpaired) electrons. The van der Waals surface area contributed by atoms with Crippen molar-refractivity contribution in [2.75, 3.05) is 13.7 Å². The molecule has 0 bridgehead atoms. The first-order valence-electron chi connectivity index (χ1n) is 8.21. The van der Waals surface area contributed by atoms with Gasteiger partial charge in [-0.15, -0.1) is 0 Å². The van der Waals surface area contributed by atoms with Gasteiger partial charge in [0, 0.05) is 16.2 Å². The molecule has 1 aromatic rings. The Bertz CT molecular complexity index is 496. The van der Waals surface area contributed by atoms with E-state index in [0.717, 1.165) is 6.61 Å². The highest BCUT2D eigenvalue weighted by Gasteiger charge is 2.42. The van der Waals surface area contributed by atoms with Crippen molar-refractivity contribution in [2.45, 2.75) is 57.1 Å². The Balaban J connectivity index is 1.84. The molecule has 1 aliphatic heterocycles. The highest BCUT2D eigenvalue weighted by atomic mass is 127. The fourth-order valence-corrected chi connectivity index (χ4v) is 4.97. The summed E-state index contributed by atoms with van der Waals surface area (Å²) in [6.07, 6.45) is 7.63. The van der Waals surface area contributed by atoms with Crippen LogP contribution < -0.4 is 5.32 Å². The molecule has 1 spiro atoms. The molecule has 1 aromatic carbocycles. The van der Waals surface area contributed by atoms with Gasteiger partial charge in [-0.2, -0.15) is 0 Å². The van der Waals surface area contributed by atoms with Crippen molar-refractivity contribution in [3.05, 3.63) is 32.9 Å². The molecule has 0 aromatic heterocycles. The number of ether oxygens (including phenoxy) is 1. The first-order valence-corrected chi connectivity index (χ1v) is 9.29. The van der Waals surface area contributed by atoms with Gasteiger partial charge in [0.05, 0.1) is 5.60 Å². The number of rotatable bonds is 3. The van der Waals surface area contributed by atoms with E-state index in [2.05, 4.69) is 60.1 Å². The maximum atomic E-state index is 6.21. The van der Waals surface area contributed by atoms with E-state index in [1.165, 1.54) is 53.2 Å². The van der Waals surface area contributed by atoms with Gasteiger partial charge in [0.25, 0.3) is 0 Å². The maximum Gasteiger partial charge on any atom is 0.0686 e. The standard InChI is InChI=1S/C18H26INO/c1-13-6-5-7-15(16(13)19)17(20-2)14-8-11-21-18(12-14)9-3-4-10-18/h5-7,14,17,20H,3-4,8-12H2,1-2H3. The monoisotopic (exact) mass is 399 g/mol. The molecule has 0 amide bonds. The van der Waals surface area contributed by atoms with Gasteiger partial charge in [-0.05, 0) is 79.3 Å². The summed E-state index contributed by atoms with van der Waals surface area (Å²) in [4.78, 5) is 0. The topological polar surface area (TPSA) is 21.3 Å². The minimum absolute atomic E-state index is 0.202. The van der Waals surface area contributed by atoms with Crippen LogP contribution in [0.15, 0.2) is 18.2 Å². The lowest BCUT2D eigenvalue weighted by molar-refractivity contribution is -0.0979. The van der Waals surface area contributed by atoms with E-state index in [0.29, 0.717) is 12.0 Å². The third-order valence-corrected chi connectivity index (χ3v) is 6.86. The van der Waals surface area contributed by atoms with Crippen LogP contribution in [0.1, 0.15) is 55.7 Å². The SMILES string of the molecule is CNC(c1cccc(C)c1I)C1CCOC2(CCCC2)C1. The largest absolute Gasteiger partial charge is 0.375 e. The zero-order valence-corrected chi connectivity index (χ0v) is 15.3. The van der Waals surface area contributed by atoms with Crippen LogP contribution in [0.3, 0.4) is 0 Å². The summed E-state index contributed by atoms with van der Waals surface area (Å²) in [6.45, 7) is 3.14. The molecule has 21 heavy (non-hydrogen) atoms. The average molecular weight is 399 g/mol. The first-order chi connectivity index (χ1) is 10.2. The lowest BCUT2D eigenvalue weighted by atomic mass is 9.78. The minimum atomic E-state index is 0.202. The van der Waals surface area contributed by atoms with E-state index >= 15 is 0 Å². The first kappa shape index (κ1) is 15.8. The summed E-state index contributed by atoms with van der Waals surface area (Å²) in [5, 5.41) is 3.60. The molecular formula is C18H26INO. The highest BCUT2D eigenvalue weighted by molar-refractivity contribution is 14.1. The Hall–Kier alpha value is -0.130. The Morgan fingerprint density at radius 3 is 2.81 bits per heavy atom. The Morgan fingerprint density at radius 2 is 2.10 bits per heavy atom. The van der Waals surface area contributed by atoms with E-state index in [-0.39, 0.29) is 5.60 Å². The molecule has 2 unspecified atom stereocenters. The van der Waals surface area contributed by atoms with Crippen molar-refractivity contribution in [1.82, 2.24) is 5.32 Å². The molecule has 1 saturated heterocycles. The van der Waals surface area contributed by atoms with Gasteiger partial charge in [0.15, 0.2) is 0 Å². The summed E-state index contributed by atoms with van der Waals surface area (Å²) in [5.74, 6) is 0.692. The van der Waals surface area contributed by atoms with Crippen LogP contribution in [0.2, 0.25) is 0 Å². The van der Waals surface area contributed by atoms with Crippen LogP contribution >= 0.6 is 22.6 Å². The van der Waals surface area contributed by atoms with Crippen LogP contribution in [0.4, 0.5) is 0 Å². The van der Waals surface area contributed by atoms with Gasteiger partial charge in [0.2, 0.25) is 0 Å². The van der Waals surface area contributed by atoms with Crippen LogP contribution in [0.5, 0.6) is 0 Å². The summed E-state index contributed by atoms with van der Waals surface area (Å²) < 4.78 is 7.63. The molecule has 2 atom stereocenters. The quantitative estimate of drug-likeness (QED) is 0.751. The minimum Gasteiger partial charge on any atom is -0.375 e. The van der Waals surface area contributed by atoms with Crippen molar-refractivity contribution in [1.29, 1.82) is 0 Å². The molecule has 116 valence electrons. The van der Waals surface area contributed by atoms with Crippen molar-refractivity contribution < 1.29 is 4.74 Å². The molecule has 2 aliphatic rings. The second kappa shape index (κ2) is 6.55. The molecule has 3 rings (SSSR count). The predicted octanol–water partition coefficient (Wildman–Crippen LogP) is 4.60. The normalized spacial score (nSPS) is 26.1. The summed E-state index contributed by atoms with van der Waals surface area (Å²) in [7, 11) is 2.11. The molecular weight excluding hydrogens is 373 g/mol. The van der Waals surface area contributed by atoms with Crippen LogP contribution in [-0.2, 0) is 4.74 Å². The molecule has 2 fully saturated rings. The summed E-state index contributed by atoms with van der Waals surface area (Å²) in [6, 6.07) is 7.16. The van der Waals surface area contributed by atoms with E-state index in [1.54, 1.807) is 0 Å². The van der Waals surface area contributed by atoms with Crippen molar-refractivity contribution in [2.24, 2.45) is 5.92 Å². The zero-order valence-electron chi connectivity index (χ0n) is 13.1. The fraction of sp³-hybridized carbons (Fsp3) is 0.667. The molecule has 1 heterocycles. The smallest absolute Gasteiger partial charge is 0.0686 e. The number of benzene rings is 1. The van der Waals surface area contributed by atoms with E-state index < -0.39 is 0 Å². The molecule has 3 heteroatoms. The third-order valence-electron chi connectivity index (χ3n) is 5.39. The number of hydrogen-bond donors (Lipinski definition) is 1. The highest BCUT2D eigenvalue weighted by Crippen LogP contribution is 2.45. The Kier molecular flexibility index (Phi) is 4.91. The third kappa shape index (κ3) is 3.15.